The average Bonchev–Trinajstić information content (AvgIpc) is 2.32. The van der Waals surface area contributed by atoms with Crippen LogP contribution in [0, 0.1) is 0 Å². The van der Waals surface area contributed by atoms with E-state index in [9.17, 15) is 4.79 Å². The zero-order valence-electron chi connectivity index (χ0n) is 8.92. The van der Waals surface area contributed by atoms with Crippen molar-refractivity contribution in [2.75, 3.05) is 11.1 Å². The van der Waals surface area contributed by atoms with E-state index < -0.39 is 5.91 Å². The lowest BCUT2D eigenvalue weighted by atomic mass is 10.2. The maximum Gasteiger partial charge on any atom is 0.252 e. The molecule has 17 heavy (non-hydrogen) atoms. The number of nitrogens with zero attached hydrogens (tertiary/aromatic N) is 2. The monoisotopic (exact) mass is 229 g/mol. The van der Waals surface area contributed by atoms with Crippen LogP contribution in [0.25, 0.3) is 0 Å². The van der Waals surface area contributed by atoms with Gasteiger partial charge in [-0.25, -0.2) is 4.98 Å². The van der Waals surface area contributed by atoms with E-state index in [1.807, 2.05) is 0 Å². The van der Waals surface area contributed by atoms with Crippen LogP contribution < -0.4 is 16.8 Å². The number of amides is 1. The Labute approximate surface area is 97.7 Å². The Morgan fingerprint density at radius 1 is 1.35 bits per heavy atom. The van der Waals surface area contributed by atoms with E-state index in [0.717, 1.165) is 0 Å². The number of carbonyl (C=O) groups excluding carboxylic acids is 1. The van der Waals surface area contributed by atoms with Gasteiger partial charge in [-0.15, -0.1) is 0 Å². The number of rotatable bonds is 3. The van der Waals surface area contributed by atoms with Crippen molar-refractivity contribution >= 4 is 23.1 Å². The molecule has 0 aliphatic heterocycles. The summed E-state index contributed by atoms with van der Waals surface area (Å²) in [7, 11) is 0. The molecule has 2 aromatic rings. The number of pyridine rings is 2. The second kappa shape index (κ2) is 4.48. The van der Waals surface area contributed by atoms with Crippen molar-refractivity contribution in [3.63, 3.8) is 0 Å². The summed E-state index contributed by atoms with van der Waals surface area (Å²) in [4.78, 5) is 19.2. The first-order chi connectivity index (χ1) is 8.16. The minimum Gasteiger partial charge on any atom is -0.397 e. The summed E-state index contributed by atoms with van der Waals surface area (Å²) in [5.74, 6) is -0.226. The maximum atomic E-state index is 11.2. The second-order valence-electron chi connectivity index (χ2n) is 3.40. The molecular formula is C11H11N5O. The van der Waals surface area contributed by atoms with E-state index >= 15 is 0 Å². The molecule has 0 aliphatic rings. The number of primary amides is 1. The molecule has 0 saturated heterocycles. The quantitative estimate of drug-likeness (QED) is 0.724. The van der Waals surface area contributed by atoms with Crippen molar-refractivity contribution in [2.24, 2.45) is 5.73 Å². The third kappa shape index (κ3) is 2.49. The van der Waals surface area contributed by atoms with Crippen LogP contribution in [0.15, 0.2) is 36.8 Å². The minimum atomic E-state index is -0.587. The molecule has 2 rings (SSSR count). The van der Waals surface area contributed by atoms with E-state index in [4.69, 9.17) is 11.5 Å². The lowest BCUT2D eigenvalue weighted by Crippen LogP contribution is -2.14. The molecule has 0 aliphatic carbocycles. The first-order valence-electron chi connectivity index (χ1n) is 4.89. The predicted octanol–water partition coefficient (Wildman–Crippen LogP) is 0.901. The molecule has 6 nitrogen and oxygen atoms in total. The number of aromatic nitrogens is 2. The highest BCUT2D eigenvalue weighted by atomic mass is 16.1. The van der Waals surface area contributed by atoms with Crippen molar-refractivity contribution in [1.82, 2.24) is 9.97 Å². The first-order valence-corrected chi connectivity index (χ1v) is 4.89. The average molecular weight is 229 g/mol. The Balaban J connectivity index is 2.36. The molecule has 2 heterocycles. The normalized spacial score (nSPS) is 9.88. The molecule has 5 N–H and O–H groups in total. The van der Waals surface area contributed by atoms with Crippen molar-refractivity contribution < 1.29 is 4.79 Å². The molecule has 1 amide bonds. The Kier molecular flexibility index (Phi) is 2.87. The molecule has 0 fully saturated rings. The van der Waals surface area contributed by atoms with Gasteiger partial charge in [-0.3, -0.25) is 9.78 Å². The Morgan fingerprint density at radius 3 is 2.82 bits per heavy atom. The molecule has 0 bridgehead atoms. The van der Waals surface area contributed by atoms with Crippen LogP contribution in [-0.4, -0.2) is 15.9 Å². The highest BCUT2D eigenvalue weighted by Gasteiger charge is 2.10. The van der Waals surface area contributed by atoms with Gasteiger partial charge in [0.1, 0.15) is 5.82 Å². The van der Waals surface area contributed by atoms with E-state index in [0.29, 0.717) is 17.2 Å². The highest BCUT2D eigenvalue weighted by molar-refractivity contribution is 5.98. The number of carbonyl (C=O) groups is 1. The number of anilines is 3. The van der Waals surface area contributed by atoms with Gasteiger partial charge >= 0.3 is 0 Å². The number of hydrogen-bond acceptors (Lipinski definition) is 5. The molecule has 0 atom stereocenters. The van der Waals surface area contributed by atoms with Crippen molar-refractivity contribution in [3.05, 3.63) is 42.4 Å². The zero-order chi connectivity index (χ0) is 12.3. The summed E-state index contributed by atoms with van der Waals surface area (Å²) in [5.41, 5.74) is 12.1. The van der Waals surface area contributed by atoms with E-state index in [2.05, 4.69) is 15.3 Å². The van der Waals surface area contributed by atoms with Gasteiger partial charge in [0, 0.05) is 6.20 Å². The summed E-state index contributed by atoms with van der Waals surface area (Å²) in [6.07, 6.45) is 4.71. The fourth-order valence-electron chi connectivity index (χ4n) is 1.34. The first kappa shape index (κ1) is 10.9. The molecule has 0 aromatic carbocycles. The van der Waals surface area contributed by atoms with Crippen molar-refractivity contribution in [2.45, 2.75) is 0 Å². The molecule has 0 radical (unpaired) electrons. The Hall–Kier alpha value is -2.63. The summed E-state index contributed by atoms with van der Waals surface area (Å²) >= 11 is 0. The number of nitrogens with one attached hydrogen (secondary N) is 1. The van der Waals surface area contributed by atoms with Gasteiger partial charge in [-0.2, -0.15) is 0 Å². The second-order valence-corrected chi connectivity index (χ2v) is 3.40. The molecule has 0 unspecified atom stereocenters. The molecule has 0 spiro atoms. The molecule has 2 aromatic heterocycles. The topological polar surface area (TPSA) is 107 Å². The van der Waals surface area contributed by atoms with Crippen LogP contribution >= 0.6 is 0 Å². The summed E-state index contributed by atoms with van der Waals surface area (Å²) in [6.45, 7) is 0. The lowest BCUT2D eigenvalue weighted by molar-refractivity contribution is 0.100. The number of hydrogen-bond donors (Lipinski definition) is 3. The molecule has 6 heteroatoms. The van der Waals surface area contributed by atoms with Gasteiger partial charge in [0.15, 0.2) is 0 Å². The lowest BCUT2D eigenvalue weighted by Gasteiger charge is -2.08. The van der Waals surface area contributed by atoms with Crippen LogP contribution in [0.3, 0.4) is 0 Å². The van der Waals surface area contributed by atoms with Crippen molar-refractivity contribution in [1.29, 1.82) is 0 Å². The van der Waals surface area contributed by atoms with Gasteiger partial charge < -0.3 is 16.8 Å². The van der Waals surface area contributed by atoms with Gasteiger partial charge in [0.05, 0.1) is 29.3 Å². The number of nitrogens with two attached hydrogens (primary N) is 2. The SMILES string of the molecule is NC(=O)c1cc(N)cnc1Nc1cccnc1. The summed E-state index contributed by atoms with van der Waals surface area (Å²) in [5, 5.41) is 2.95. The molecule has 86 valence electrons. The van der Waals surface area contributed by atoms with E-state index in [1.54, 1.807) is 24.5 Å². The molecule has 0 saturated carbocycles. The molecular weight excluding hydrogens is 218 g/mol. The Morgan fingerprint density at radius 2 is 2.18 bits per heavy atom. The van der Waals surface area contributed by atoms with Gasteiger partial charge in [-0.1, -0.05) is 0 Å². The van der Waals surface area contributed by atoms with Crippen LogP contribution in [0.2, 0.25) is 0 Å². The summed E-state index contributed by atoms with van der Waals surface area (Å²) in [6, 6.07) is 5.05. The zero-order valence-corrected chi connectivity index (χ0v) is 8.92. The van der Waals surface area contributed by atoms with Crippen LogP contribution in [0.1, 0.15) is 10.4 Å². The largest absolute Gasteiger partial charge is 0.397 e. The van der Waals surface area contributed by atoms with Gasteiger partial charge in [0.2, 0.25) is 0 Å². The van der Waals surface area contributed by atoms with Crippen molar-refractivity contribution in [3.8, 4) is 0 Å². The summed E-state index contributed by atoms with van der Waals surface area (Å²) < 4.78 is 0. The third-order valence-corrected chi connectivity index (χ3v) is 2.10. The number of nitrogen functional groups attached to an aromatic ring is 1. The fraction of sp³-hybridized carbons (Fsp3) is 0. The van der Waals surface area contributed by atoms with Crippen LogP contribution in [0.4, 0.5) is 17.2 Å². The highest BCUT2D eigenvalue weighted by Crippen LogP contribution is 2.19. The maximum absolute atomic E-state index is 11.2. The van der Waals surface area contributed by atoms with Crippen LogP contribution in [-0.2, 0) is 0 Å². The third-order valence-electron chi connectivity index (χ3n) is 2.10. The Bertz CT molecular complexity index is 541. The minimum absolute atomic E-state index is 0.244. The van der Waals surface area contributed by atoms with Gasteiger partial charge in [-0.05, 0) is 18.2 Å². The standard InChI is InChI=1S/C11H11N5O/c12-7-4-9(10(13)17)11(15-5-7)16-8-2-1-3-14-6-8/h1-6H,12H2,(H2,13,17)(H,15,16). The fourth-order valence-corrected chi connectivity index (χ4v) is 1.34. The van der Waals surface area contributed by atoms with Crippen LogP contribution in [0.5, 0.6) is 0 Å². The van der Waals surface area contributed by atoms with Gasteiger partial charge in [0.25, 0.3) is 5.91 Å². The van der Waals surface area contributed by atoms with E-state index in [-0.39, 0.29) is 5.56 Å². The smallest absolute Gasteiger partial charge is 0.252 e. The predicted molar refractivity (Wildman–Crippen MR) is 64.7 cm³/mol. The van der Waals surface area contributed by atoms with E-state index in [1.165, 1.54) is 12.3 Å².